The molecule has 0 radical (unpaired) electrons. The number of aliphatic hydroxyl groups is 1. The number of likely N-dealkylation sites (tertiary alicyclic amines) is 1. The van der Waals surface area contributed by atoms with E-state index < -0.39 is 17.3 Å². The first-order chi connectivity index (χ1) is 16.3. The van der Waals surface area contributed by atoms with Gasteiger partial charge >= 0.3 is 0 Å². The molecule has 1 saturated heterocycles. The summed E-state index contributed by atoms with van der Waals surface area (Å²) in [6.07, 6.45) is 3.26. The molecular formula is C23H20FN7O3. The molecule has 34 heavy (non-hydrogen) atoms. The van der Waals surface area contributed by atoms with Gasteiger partial charge in [0.2, 0.25) is 11.5 Å². The van der Waals surface area contributed by atoms with Crippen LogP contribution in [0.4, 0.5) is 16.0 Å². The molecule has 1 atom stereocenters. The summed E-state index contributed by atoms with van der Waals surface area (Å²) in [7, 11) is 1.62. The van der Waals surface area contributed by atoms with E-state index in [2.05, 4.69) is 30.4 Å². The average molecular weight is 461 g/mol. The van der Waals surface area contributed by atoms with Crippen LogP contribution in [0.15, 0.2) is 53.3 Å². The van der Waals surface area contributed by atoms with Gasteiger partial charge < -0.3 is 19.8 Å². The molecule has 0 bridgehead atoms. The van der Waals surface area contributed by atoms with Gasteiger partial charge in [-0.2, -0.15) is 0 Å². The molecule has 4 aromatic rings. The SMILES string of the molecule is Cc1nccc(Nc2nccc(-c3cccc(-c4cc(C5(O)CCN(C)C5=O)on4)n3)n2)c1F. The third kappa shape index (κ3) is 3.75. The number of rotatable bonds is 5. The van der Waals surface area contributed by atoms with Gasteiger partial charge in [-0.05, 0) is 31.2 Å². The van der Waals surface area contributed by atoms with Crippen LogP contribution in [0, 0.1) is 12.7 Å². The number of hydrogen-bond donors (Lipinski definition) is 2. The Hall–Kier alpha value is -4.25. The third-order valence-corrected chi connectivity index (χ3v) is 5.67. The van der Waals surface area contributed by atoms with Crippen molar-refractivity contribution in [2.75, 3.05) is 18.9 Å². The number of aryl methyl sites for hydroxylation is 1. The summed E-state index contributed by atoms with van der Waals surface area (Å²) in [5, 5.41) is 17.6. The van der Waals surface area contributed by atoms with Crippen molar-refractivity contribution < 1.29 is 18.8 Å². The third-order valence-electron chi connectivity index (χ3n) is 5.67. The topological polar surface area (TPSA) is 130 Å². The van der Waals surface area contributed by atoms with E-state index in [0.717, 1.165) is 0 Å². The van der Waals surface area contributed by atoms with E-state index in [1.807, 2.05) is 0 Å². The van der Waals surface area contributed by atoms with Gasteiger partial charge in [-0.3, -0.25) is 9.78 Å². The second-order valence-corrected chi connectivity index (χ2v) is 7.97. The van der Waals surface area contributed by atoms with Crippen molar-refractivity contribution in [3.63, 3.8) is 0 Å². The van der Waals surface area contributed by atoms with Crippen LogP contribution >= 0.6 is 0 Å². The molecule has 4 aromatic heterocycles. The number of aromatic nitrogens is 5. The van der Waals surface area contributed by atoms with Crippen molar-refractivity contribution in [2.24, 2.45) is 0 Å². The summed E-state index contributed by atoms with van der Waals surface area (Å²) in [6, 6.07) is 9.96. The fourth-order valence-corrected chi connectivity index (χ4v) is 3.72. The lowest BCUT2D eigenvalue weighted by molar-refractivity contribution is -0.144. The van der Waals surface area contributed by atoms with Gasteiger partial charge in [-0.15, -0.1) is 0 Å². The fraction of sp³-hybridized carbons (Fsp3) is 0.217. The van der Waals surface area contributed by atoms with E-state index in [9.17, 15) is 14.3 Å². The Kier molecular flexibility index (Phi) is 5.25. The van der Waals surface area contributed by atoms with Gasteiger partial charge in [0.15, 0.2) is 11.6 Å². The normalized spacial score (nSPS) is 17.9. The first-order valence-corrected chi connectivity index (χ1v) is 10.5. The molecule has 0 aliphatic carbocycles. The maximum absolute atomic E-state index is 14.3. The largest absolute Gasteiger partial charge is 0.373 e. The number of amides is 1. The molecule has 10 nitrogen and oxygen atoms in total. The zero-order valence-corrected chi connectivity index (χ0v) is 18.4. The van der Waals surface area contributed by atoms with Crippen LogP contribution in [0.1, 0.15) is 17.9 Å². The van der Waals surface area contributed by atoms with E-state index >= 15 is 0 Å². The highest BCUT2D eigenvalue weighted by Gasteiger charge is 2.48. The van der Waals surface area contributed by atoms with Gasteiger partial charge in [-0.25, -0.2) is 19.3 Å². The van der Waals surface area contributed by atoms with E-state index in [0.29, 0.717) is 29.3 Å². The summed E-state index contributed by atoms with van der Waals surface area (Å²) >= 11 is 0. The molecule has 5 rings (SSSR count). The Morgan fingerprint density at radius 3 is 2.59 bits per heavy atom. The highest BCUT2D eigenvalue weighted by Crippen LogP contribution is 2.34. The number of carbonyl (C=O) groups is 1. The van der Waals surface area contributed by atoms with Crippen molar-refractivity contribution >= 4 is 17.5 Å². The van der Waals surface area contributed by atoms with Crippen LogP contribution in [-0.4, -0.2) is 54.6 Å². The minimum Gasteiger partial charge on any atom is -0.373 e. The first-order valence-electron chi connectivity index (χ1n) is 10.5. The number of likely N-dealkylation sites (N-methyl/N-ethyl adjacent to an activating group) is 1. The minimum atomic E-state index is -1.73. The van der Waals surface area contributed by atoms with Crippen molar-refractivity contribution in [1.82, 2.24) is 30.0 Å². The van der Waals surface area contributed by atoms with Crippen LogP contribution in [-0.2, 0) is 10.4 Å². The van der Waals surface area contributed by atoms with Crippen LogP contribution in [0.25, 0.3) is 22.8 Å². The van der Waals surface area contributed by atoms with E-state index in [1.165, 1.54) is 29.4 Å². The number of halogens is 1. The Morgan fingerprint density at radius 1 is 1.09 bits per heavy atom. The van der Waals surface area contributed by atoms with Crippen LogP contribution in [0.5, 0.6) is 0 Å². The molecular weight excluding hydrogens is 441 g/mol. The molecule has 1 unspecified atom stereocenters. The lowest BCUT2D eigenvalue weighted by Crippen LogP contribution is -2.35. The molecule has 1 aliphatic rings. The van der Waals surface area contributed by atoms with E-state index in [1.54, 1.807) is 38.2 Å². The zero-order valence-electron chi connectivity index (χ0n) is 18.4. The number of pyridine rings is 2. The number of anilines is 2. The smallest absolute Gasteiger partial charge is 0.262 e. The number of nitrogens with one attached hydrogen (secondary N) is 1. The summed E-state index contributed by atoms with van der Waals surface area (Å²) in [5.41, 5.74) is 0.610. The van der Waals surface area contributed by atoms with Gasteiger partial charge in [0, 0.05) is 38.5 Å². The molecule has 2 N–H and O–H groups in total. The van der Waals surface area contributed by atoms with Crippen molar-refractivity contribution in [2.45, 2.75) is 18.9 Å². The average Bonchev–Trinajstić information content (AvgIpc) is 3.45. The molecule has 1 amide bonds. The lowest BCUT2D eigenvalue weighted by atomic mass is 9.98. The molecule has 0 saturated carbocycles. The minimum absolute atomic E-state index is 0.0762. The maximum Gasteiger partial charge on any atom is 0.262 e. The Labute approximate surface area is 193 Å². The number of hydrogen-bond acceptors (Lipinski definition) is 9. The van der Waals surface area contributed by atoms with Crippen molar-refractivity contribution in [3.05, 3.63) is 66.1 Å². The molecule has 5 heterocycles. The van der Waals surface area contributed by atoms with E-state index in [-0.39, 0.29) is 29.5 Å². The van der Waals surface area contributed by atoms with E-state index in [4.69, 9.17) is 4.52 Å². The zero-order chi connectivity index (χ0) is 23.9. The van der Waals surface area contributed by atoms with Gasteiger partial charge in [0.05, 0.1) is 28.5 Å². The van der Waals surface area contributed by atoms with Gasteiger partial charge in [0.25, 0.3) is 5.91 Å². The summed E-state index contributed by atoms with van der Waals surface area (Å²) in [4.78, 5) is 30.9. The standard InChI is InChI=1S/C23H20FN7O3/c1-13-20(24)17(7-9-25-13)29-22-26-10-6-16(28-22)14-4-3-5-15(27-14)18-12-19(34-30-18)23(33)8-11-31(2)21(23)32/h3-7,9-10,12,33H,8,11H2,1-2H3,(H,25,26,28,29). The molecule has 0 spiro atoms. The van der Waals surface area contributed by atoms with Crippen LogP contribution < -0.4 is 5.32 Å². The molecule has 172 valence electrons. The number of carbonyl (C=O) groups excluding carboxylic acids is 1. The Bertz CT molecular complexity index is 1390. The van der Waals surface area contributed by atoms with Crippen LogP contribution in [0.2, 0.25) is 0 Å². The summed E-state index contributed by atoms with van der Waals surface area (Å²) in [5.74, 6) is -0.637. The second kappa shape index (κ2) is 8.27. The second-order valence-electron chi connectivity index (χ2n) is 7.97. The highest BCUT2D eigenvalue weighted by atomic mass is 19.1. The first kappa shape index (κ1) is 21.6. The lowest BCUT2D eigenvalue weighted by Gasteiger charge is -2.16. The predicted octanol–water partition coefficient (Wildman–Crippen LogP) is 2.83. The summed E-state index contributed by atoms with van der Waals surface area (Å²) in [6.45, 7) is 1.99. The highest BCUT2D eigenvalue weighted by molar-refractivity contribution is 5.87. The van der Waals surface area contributed by atoms with Crippen LogP contribution in [0.3, 0.4) is 0 Å². The number of nitrogens with zero attached hydrogens (tertiary/aromatic N) is 6. The Balaban J connectivity index is 1.42. The molecule has 1 fully saturated rings. The predicted molar refractivity (Wildman–Crippen MR) is 119 cm³/mol. The maximum atomic E-state index is 14.3. The molecule has 1 aliphatic heterocycles. The quantitative estimate of drug-likeness (QED) is 0.461. The van der Waals surface area contributed by atoms with Gasteiger partial charge in [0.1, 0.15) is 5.69 Å². The molecule has 0 aromatic carbocycles. The van der Waals surface area contributed by atoms with Crippen molar-refractivity contribution in [1.29, 1.82) is 0 Å². The van der Waals surface area contributed by atoms with Gasteiger partial charge in [-0.1, -0.05) is 11.2 Å². The summed E-state index contributed by atoms with van der Waals surface area (Å²) < 4.78 is 19.6. The fourth-order valence-electron chi connectivity index (χ4n) is 3.72. The monoisotopic (exact) mass is 461 g/mol. The van der Waals surface area contributed by atoms with Crippen molar-refractivity contribution in [3.8, 4) is 22.8 Å². The molecule has 11 heteroatoms. The Morgan fingerprint density at radius 2 is 1.82 bits per heavy atom.